The highest BCUT2D eigenvalue weighted by atomic mass is 35.5. The lowest BCUT2D eigenvalue weighted by atomic mass is 9.84. The van der Waals surface area contributed by atoms with Gasteiger partial charge in [0.05, 0.1) is 6.10 Å². The number of aliphatic hydroxyl groups excluding tert-OH is 1. The van der Waals surface area contributed by atoms with Gasteiger partial charge < -0.3 is 10.8 Å². The van der Waals surface area contributed by atoms with E-state index in [9.17, 15) is 5.11 Å². The van der Waals surface area contributed by atoms with Crippen LogP contribution in [0.15, 0.2) is 18.2 Å². The van der Waals surface area contributed by atoms with Crippen LogP contribution in [-0.2, 0) is 0 Å². The third-order valence-electron chi connectivity index (χ3n) is 3.66. The molecule has 0 radical (unpaired) electrons. The number of nitrogen functional groups attached to an aromatic ring is 1. The number of benzene rings is 1. The number of hydrogen-bond acceptors (Lipinski definition) is 2. The van der Waals surface area contributed by atoms with Crippen LogP contribution in [0.1, 0.15) is 50.2 Å². The van der Waals surface area contributed by atoms with E-state index in [0.717, 1.165) is 12.0 Å². The second kappa shape index (κ2) is 5.74. The highest BCUT2D eigenvalue weighted by molar-refractivity contribution is 6.31. The van der Waals surface area contributed by atoms with Crippen molar-refractivity contribution in [3.63, 3.8) is 0 Å². The van der Waals surface area contributed by atoms with Crippen LogP contribution in [0.3, 0.4) is 0 Å². The van der Waals surface area contributed by atoms with Crippen molar-refractivity contribution in [1.82, 2.24) is 0 Å². The minimum atomic E-state index is -0.453. The van der Waals surface area contributed by atoms with Crippen molar-refractivity contribution in [2.75, 3.05) is 5.73 Å². The van der Waals surface area contributed by atoms with Crippen molar-refractivity contribution in [3.05, 3.63) is 28.8 Å². The monoisotopic (exact) mass is 253 g/mol. The number of rotatable bonds is 3. The van der Waals surface area contributed by atoms with Gasteiger partial charge in [0.15, 0.2) is 0 Å². The first-order valence-corrected chi connectivity index (χ1v) is 6.77. The van der Waals surface area contributed by atoms with Gasteiger partial charge in [-0.25, -0.2) is 0 Å². The van der Waals surface area contributed by atoms with Gasteiger partial charge >= 0.3 is 0 Å². The first-order chi connectivity index (χ1) is 8.16. The van der Waals surface area contributed by atoms with Crippen molar-refractivity contribution >= 4 is 17.3 Å². The Labute approximate surface area is 108 Å². The fraction of sp³-hybridized carbons (Fsp3) is 0.571. The van der Waals surface area contributed by atoms with Crippen LogP contribution in [0.2, 0.25) is 5.02 Å². The van der Waals surface area contributed by atoms with Gasteiger partial charge in [0, 0.05) is 10.7 Å². The Morgan fingerprint density at radius 2 is 2.00 bits per heavy atom. The summed E-state index contributed by atoms with van der Waals surface area (Å²) in [6.45, 7) is 0. The van der Waals surface area contributed by atoms with E-state index in [1.54, 1.807) is 12.1 Å². The molecule has 1 aliphatic rings. The van der Waals surface area contributed by atoms with E-state index in [0.29, 0.717) is 16.6 Å². The summed E-state index contributed by atoms with van der Waals surface area (Å²) >= 11 is 6.10. The maximum absolute atomic E-state index is 10.2. The zero-order valence-corrected chi connectivity index (χ0v) is 10.8. The highest BCUT2D eigenvalue weighted by Crippen LogP contribution is 2.34. The number of nitrogens with two attached hydrogens (primary N) is 1. The second-order valence-corrected chi connectivity index (χ2v) is 5.44. The molecule has 0 aliphatic heterocycles. The fourth-order valence-corrected chi connectivity index (χ4v) is 2.99. The lowest BCUT2D eigenvalue weighted by Crippen LogP contribution is -2.11. The van der Waals surface area contributed by atoms with Gasteiger partial charge in [0.2, 0.25) is 0 Å². The smallest absolute Gasteiger partial charge is 0.0807 e. The van der Waals surface area contributed by atoms with E-state index in [-0.39, 0.29) is 0 Å². The molecule has 0 saturated heterocycles. The SMILES string of the molecule is Nc1ccc(C(O)CC2CCCCC2)c(Cl)c1. The maximum Gasteiger partial charge on any atom is 0.0807 e. The van der Waals surface area contributed by atoms with E-state index in [4.69, 9.17) is 17.3 Å². The van der Waals surface area contributed by atoms with Crippen molar-refractivity contribution in [2.45, 2.75) is 44.6 Å². The van der Waals surface area contributed by atoms with E-state index < -0.39 is 6.10 Å². The normalized spacial score (nSPS) is 19.2. The van der Waals surface area contributed by atoms with Gasteiger partial charge in [-0.05, 0) is 30.0 Å². The molecule has 0 amide bonds. The van der Waals surface area contributed by atoms with E-state index in [2.05, 4.69) is 0 Å². The summed E-state index contributed by atoms with van der Waals surface area (Å²) in [5.74, 6) is 0.646. The van der Waals surface area contributed by atoms with Crippen molar-refractivity contribution in [1.29, 1.82) is 0 Å². The molecular formula is C14H20ClNO. The summed E-state index contributed by atoms with van der Waals surface area (Å²) in [6, 6.07) is 5.34. The molecule has 1 aromatic rings. The number of aliphatic hydroxyl groups is 1. The topological polar surface area (TPSA) is 46.2 Å². The van der Waals surface area contributed by atoms with Gasteiger partial charge in [0.25, 0.3) is 0 Å². The molecule has 1 atom stereocenters. The number of hydrogen-bond donors (Lipinski definition) is 2. The molecule has 0 bridgehead atoms. The van der Waals surface area contributed by atoms with Crippen LogP contribution in [0, 0.1) is 5.92 Å². The molecular weight excluding hydrogens is 234 g/mol. The molecule has 0 heterocycles. The van der Waals surface area contributed by atoms with Crippen LogP contribution in [0.5, 0.6) is 0 Å². The maximum atomic E-state index is 10.2. The van der Waals surface area contributed by atoms with Crippen LogP contribution in [0.25, 0.3) is 0 Å². The molecule has 3 N–H and O–H groups in total. The van der Waals surface area contributed by atoms with E-state index >= 15 is 0 Å². The van der Waals surface area contributed by atoms with Gasteiger partial charge in [-0.1, -0.05) is 49.8 Å². The molecule has 2 rings (SSSR count). The van der Waals surface area contributed by atoms with E-state index in [1.165, 1.54) is 32.1 Å². The molecule has 17 heavy (non-hydrogen) atoms. The van der Waals surface area contributed by atoms with Crippen LogP contribution in [0.4, 0.5) is 5.69 Å². The first kappa shape index (κ1) is 12.7. The summed E-state index contributed by atoms with van der Waals surface area (Å²) < 4.78 is 0. The standard InChI is InChI=1S/C14H20ClNO/c15-13-9-11(16)6-7-12(13)14(17)8-10-4-2-1-3-5-10/h6-7,9-10,14,17H,1-5,8,16H2. The first-order valence-electron chi connectivity index (χ1n) is 6.40. The van der Waals surface area contributed by atoms with Gasteiger partial charge in [-0.15, -0.1) is 0 Å². The minimum Gasteiger partial charge on any atom is -0.399 e. The summed E-state index contributed by atoms with van der Waals surface area (Å²) in [7, 11) is 0. The highest BCUT2D eigenvalue weighted by Gasteiger charge is 2.20. The Balaban J connectivity index is 2.00. The molecule has 94 valence electrons. The van der Waals surface area contributed by atoms with Crippen LogP contribution in [-0.4, -0.2) is 5.11 Å². The van der Waals surface area contributed by atoms with E-state index in [1.807, 2.05) is 6.07 Å². The number of anilines is 1. The zero-order chi connectivity index (χ0) is 12.3. The molecule has 1 saturated carbocycles. The Kier molecular flexibility index (Phi) is 4.30. The number of halogens is 1. The van der Waals surface area contributed by atoms with Crippen molar-refractivity contribution < 1.29 is 5.11 Å². The van der Waals surface area contributed by atoms with Crippen molar-refractivity contribution in [3.8, 4) is 0 Å². The van der Waals surface area contributed by atoms with Gasteiger partial charge in [-0.3, -0.25) is 0 Å². The lowest BCUT2D eigenvalue weighted by molar-refractivity contribution is 0.131. The summed E-state index contributed by atoms with van der Waals surface area (Å²) in [6.07, 6.45) is 6.79. The third-order valence-corrected chi connectivity index (χ3v) is 3.99. The predicted octanol–water partition coefficient (Wildman–Crippen LogP) is 3.93. The third kappa shape index (κ3) is 3.36. The summed E-state index contributed by atoms with van der Waals surface area (Å²) in [5, 5.41) is 10.8. The Bertz CT molecular complexity index is 374. The molecule has 1 aromatic carbocycles. The van der Waals surface area contributed by atoms with Gasteiger partial charge in [-0.2, -0.15) is 0 Å². The van der Waals surface area contributed by atoms with Gasteiger partial charge in [0.1, 0.15) is 0 Å². The van der Waals surface area contributed by atoms with Crippen LogP contribution >= 0.6 is 11.6 Å². The summed E-state index contributed by atoms with van der Waals surface area (Å²) in [5.41, 5.74) is 7.10. The largest absolute Gasteiger partial charge is 0.399 e. The van der Waals surface area contributed by atoms with Crippen molar-refractivity contribution in [2.24, 2.45) is 5.92 Å². The molecule has 1 unspecified atom stereocenters. The molecule has 1 aliphatic carbocycles. The Hall–Kier alpha value is -0.730. The minimum absolute atomic E-state index is 0.453. The molecule has 2 nitrogen and oxygen atoms in total. The Morgan fingerprint density at radius 3 is 2.65 bits per heavy atom. The molecule has 1 fully saturated rings. The van der Waals surface area contributed by atoms with Crippen LogP contribution < -0.4 is 5.73 Å². The zero-order valence-electron chi connectivity index (χ0n) is 10.0. The molecule has 0 aromatic heterocycles. The summed E-state index contributed by atoms with van der Waals surface area (Å²) in [4.78, 5) is 0. The predicted molar refractivity (Wildman–Crippen MR) is 72.0 cm³/mol. The quantitative estimate of drug-likeness (QED) is 0.802. The molecule has 3 heteroatoms. The second-order valence-electron chi connectivity index (χ2n) is 5.04. The fourth-order valence-electron chi connectivity index (χ4n) is 2.68. The lowest BCUT2D eigenvalue weighted by Gasteiger charge is -2.24. The molecule has 0 spiro atoms. The average Bonchev–Trinajstić information content (AvgIpc) is 2.30. The Morgan fingerprint density at radius 1 is 1.29 bits per heavy atom. The average molecular weight is 254 g/mol.